The van der Waals surface area contributed by atoms with Crippen molar-refractivity contribution in [2.45, 2.75) is 40.7 Å². The minimum atomic E-state index is -0.456. The number of phenols is 2. The molecule has 1 aromatic carbocycles. The maximum atomic E-state index is 12.1. The molecule has 0 aliphatic carbocycles. The second-order valence-corrected chi connectivity index (χ2v) is 4.97. The van der Waals surface area contributed by atoms with Crippen molar-refractivity contribution in [3.8, 4) is 11.5 Å². The monoisotopic (exact) mass is 297 g/mol. The van der Waals surface area contributed by atoms with E-state index in [2.05, 4.69) is 0 Å². The van der Waals surface area contributed by atoms with Gasteiger partial charge in [-0.25, -0.2) is 0 Å². The third kappa shape index (κ3) is 2.61. The number of aromatic hydroxyl groups is 2. The maximum Gasteiger partial charge on any atom is 0.193 e. The summed E-state index contributed by atoms with van der Waals surface area (Å²) in [6, 6.07) is 1.46. The average molecular weight is 298 g/mol. The number of benzene rings is 1. The third-order valence-electron chi connectivity index (χ3n) is 2.95. The van der Waals surface area contributed by atoms with Crippen molar-refractivity contribution in [3.63, 3.8) is 0 Å². The summed E-state index contributed by atoms with van der Waals surface area (Å²) < 4.78 is 1.84. The number of halogens is 1. The van der Waals surface area contributed by atoms with Gasteiger partial charge in [0.2, 0.25) is 0 Å². The fourth-order valence-corrected chi connectivity index (χ4v) is 2.27. The van der Waals surface area contributed by atoms with Gasteiger partial charge in [-0.2, -0.15) is 0 Å². The van der Waals surface area contributed by atoms with Gasteiger partial charge in [-0.1, -0.05) is 25.4 Å². The minimum absolute atomic E-state index is 0.104. The molecule has 0 saturated carbocycles. The van der Waals surface area contributed by atoms with E-state index >= 15 is 0 Å². The molecule has 0 saturated heterocycles. The summed E-state index contributed by atoms with van der Waals surface area (Å²) in [6.07, 6.45) is 1.72. The topological polar surface area (TPSA) is 62.5 Å². The highest BCUT2D eigenvalue weighted by atomic mass is 35.5. The Bertz CT molecular complexity index is 690. The number of nitrogens with zero attached hydrogens (tertiary/aromatic N) is 1. The van der Waals surface area contributed by atoms with E-state index < -0.39 is 5.75 Å². The Morgan fingerprint density at radius 2 is 1.80 bits per heavy atom. The number of hydrogen-bond acceptors (Lipinski definition) is 3. The fraction of sp³-hybridized carbons (Fsp3) is 0.400. The Hall–Kier alpha value is -1.68. The summed E-state index contributed by atoms with van der Waals surface area (Å²) in [5.41, 5.74) is 0.825. The fourth-order valence-electron chi connectivity index (χ4n) is 1.99. The molecule has 2 rings (SSSR count). The molecule has 0 unspecified atom stereocenters. The number of aryl methyl sites for hydroxylation is 1. The summed E-state index contributed by atoms with van der Waals surface area (Å²) in [5.74, 6) is -0.785. The zero-order valence-corrected chi connectivity index (χ0v) is 13.1. The summed E-state index contributed by atoms with van der Waals surface area (Å²) in [5, 5.41) is 19.4. The van der Waals surface area contributed by atoms with Crippen LogP contribution in [0.2, 0.25) is 5.02 Å². The quantitative estimate of drug-likeness (QED) is 0.783. The van der Waals surface area contributed by atoms with Crippen LogP contribution in [0.15, 0.2) is 17.1 Å². The molecule has 0 aliphatic rings. The van der Waals surface area contributed by atoms with Gasteiger partial charge in [0.15, 0.2) is 16.9 Å². The van der Waals surface area contributed by atoms with Gasteiger partial charge < -0.3 is 14.8 Å². The van der Waals surface area contributed by atoms with Crippen molar-refractivity contribution >= 4 is 22.5 Å². The summed E-state index contributed by atoms with van der Waals surface area (Å²) in [4.78, 5) is 12.1. The van der Waals surface area contributed by atoms with Crippen LogP contribution in [0.4, 0.5) is 0 Å². The van der Waals surface area contributed by atoms with Gasteiger partial charge in [-0.05, 0) is 20.8 Å². The van der Waals surface area contributed by atoms with E-state index in [1.165, 1.54) is 6.07 Å². The largest absolute Gasteiger partial charge is 0.504 e. The maximum absolute atomic E-state index is 12.1. The Morgan fingerprint density at radius 3 is 2.30 bits per heavy atom. The summed E-state index contributed by atoms with van der Waals surface area (Å²) in [7, 11) is 0. The van der Waals surface area contributed by atoms with Crippen molar-refractivity contribution in [3.05, 3.63) is 33.1 Å². The average Bonchev–Trinajstić information content (AvgIpc) is 2.42. The van der Waals surface area contributed by atoms with Crippen molar-refractivity contribution in [2.75, 3.05) is 0 Å². The zero-order valence-electron chi connectivity index (χ0n) is 12.4. The van der Waals surface area contributed by atoms with E-state index in [0.717, 1.165) is 0 Å². The molecule has 0 aliphatic heterocycles. The molecule has 0 spiro atoms. The predicted octanol–water partition coefficient (Wildman–Crippen LogP) is 3.98. The van der Waals surface area contributed by atoms with Crippen LogP contribution in [0.1, 0.15) is 39.3 Å². The molecule has 0 fully saturated rings. The van der Waals surface area contributed by atoms with Crippen molar-refractivity contribution in [1.29, 1.82) is 0 Å². The Kier molecular flexibility index (Phi) is 5.06. The van der Waals surface area contributed by atoms with Crippen LogP contribution in [-0.4, -0.2) is 14.8 Å². The molecule has 2 N–H and O–H groups in total. The molecule has 0 bridgehead atoms. The first-order chi connectivity index (χ1) is 9.34. The van der Waals surface area contributed by atoms with Crippen LogP contribution in [-0.2, 0) is 0 Å². The van der Waals surface area contributed by atoms with E-state index in [0.29, 0.717) is 11.1 Å². The molecule has 20 heavy (non-hydrogen) atoms. The second kappa shape index (κ2) is 6.18. The number of pyridine rings is 1. The Morgan fingerprint density at radius 1 is 1.25 bits per heavy atom. The van der Waals surface area contributed by atoms with Crippen LogP contribution in [0.3, 0.4) is 0 Å². The standard InChI is InChI=1S/C13H14ClNO3.C2H6/c1-6(2)15-5-7(3)12(17)10-8(15)4-9(16)13(18)11(10)14;1-2/h4-6,16,18H,1-3H3;1-2H3. The molecule has 0 radical (unpaired) electrons. The van der Waals surface area contributed by atoms with Gasteiger partial charge in [-0.15, -0.1) is 0 Å². The molecule has 110 valence electrons. The molecular weight excluding hydrogens is 278 g/mol. The van der Waals surface area contributed by atoms with E-state index in [9.17, 15) is 15.0 Å². The van der Waals surface area contributed by atoms with Gasteiger partial charge in [-0.3, -0.25) is 4.79 Å². The predicted molar refractivity (Wildman–Crippen MR) is 83.0 cm³/mol. The van der Waals surface area contributed by atoms with Crippen molar-refractivity contribution in [2.24, 2.45) is 0 Å². The molecule has 0 atom stereocenters. The molecule has 4 nitrogen and oxygen atoms in total. The highest BCUT2D eigenvalue weighted by Crippen LogP contribution is 2.38. The lowest BCUT2D eigenvalue weighted by Gasteiger charge is -2.17. The molecule has 1 aromatic heterocycles. The first kappa shape index (κ1) is 16.4. The molecule has 0 amide bonds. The highest BCUT2D eigenvalue weighted by molar-refractivity contribution is 6.37. The van der Waals surface area contributed by atoms with Crippen LogP contribution < -0.4 is 5.43 Å². The lowest BCUT2D eigenvalue weighted by Crippen LogP contribution is -2.14. The van der Waals surface area contributed by atoms with Crippen molar-refractivity contribution < 1.29 is 10.2 Å². The van der Waals surface area contributed by atoms with E-state index in [4.69, 9.17) is 11.6 Å². The zero-order chi connectivity index (χ0) is 15.6. The van der Waals surface area contributed by atoms with Gasteiger partial charge in [0.05, 0.1) is 15.9 Å². The van der Waals surface area contributed by atoms with Crippen LogP contribution in [0.25, 0.3) is 10.9 Å². The van der Waals surface area contributed by atoms with E-state index in [1.807, 2.05) is 32.3 Å². The normalized spacial score (nSPS) is 10.6. The van der Waals surface area contributed by atoms with Gasteiger partial charge >= 0.3 is 0 Å². The molecule has 5 heteroatoms. The van der Waals surface area contributed by atoms with E-state index in [-0.39, 0.29) is 27.6 Å². The van der Waals surface area contributed by atoms with Gasteiger partial charge in [0, 0.05) is 23.9 Å². The summed E-state index contributed by atoms with van der Waals surface area (Å²) in [6.45, 7) is 9.61. The van der Waals surface area contributed by atoms with Crippen LogP contribution in [0, 0.1) is 6.92 Å². The number of hydrogen-bond donors (Lipinski definition) is 2. The third-order valence-corrected chi connectivity index (χ3v) is 3.32. The number of rotatable bonds is 1. The van der Waals surface area contributed by atoms with Crippen LogP contribution >= 0.6 is 11.6 Å². The first-order valence-corrected chi connectivity index (χ1v) is 6.98. The first-order valence-electron chi connectivity index (χ1n) is 6.60. The number of phenolic OH excluding ortho intramolecular Hbond substituents is 2. The van der Waals surface area contributed by atoms with Gasteiger partial charge in [0.25, 0.3) is 0 Å². The lowest BCUT2D eigenvalue weighted by molar-refractivity contribution is 0.404. The van der Waals surface area contributed by atoms with Crippen LogP contribution in [0.5, 0.6) is 11.5 Å². The highest BCUT2D eigenvalue weighted by Gasteiger charge is 2.17. The Balaban J connectivity index is 0.000000956. The smallest absolute Gasteiger partial charge is 0.193 e. The minimum Gasteiger partial charge on any atom is -0.504 e. The second-order valence-electron chi connectivity index (χ2n) is 4.59. The van der Waals surface area contributed by atoms with Gasteiger partial charge in [0.1, 0.15) is 0 Å². The summed E-state index contributed by atoms with van der Waals surface area (Å²) >= 11 is 5.96. The SMILES string of the molecule is CC.Cc1cn(C(C)C)c2cc(O)c(O)c(Cl)c2c1=O. The molecule has 2 aromatic rings. The lowest BCUT2D eigenvalue weighted by atomic mass is 10.1. The number of fused-ring (bicyclic) bond motifs is 1. The van der Waals surface area contributed by atoms with E-state index in [1.54, 1.807) is 13.1 Å². The molecule has 1 heterocycles. The van der Waals surface area contributed by atoms with Crippen molar-refractivity contribution in [1.82, 2.24) is 4.57 Å². The Labute approximate surface area is 123 Å². The number of aromatic nitrogens is 1. The molecular formula is C15H20ClNO3.